The molecule has 0 saturated heterocycles. The standard InChI is InChI=1S/C23H27N5O3S/c1-13-9-14(2)11-16(10-13)24-17(29)12-32-21-18-20(27(3)23(31)28(4)22(18)30)25-19(26-21)15-7-5-6-8-15/h9-11,15H,5-8,12H2,1-4H3,(H,24,29). The van der Waals surface area contributed by atoms with Gasteiger partial charge in [0.25, 0.3) is 5.56 Å². The number of benzene rings is 1. The summed E-state index contributed by atoms with van der Waals surface area (Å²) in [6.45, 7) is 3.96. The molecule has 32 heavy (non-hydrogen) atoms. The second-order valence-electron chi connectivity index (χ2n) is 8.49. The molecule has 1 fully saturated rings. The van der Waals surface area contributed by atoms with Gasteiger partial charge in [0.1, 0.15) is 16.2 Å². The number of rotatable bonds is 5. The second kappa shape index (κ2) is 8.90. The lowest BCUT2D eigenvalue weighted by atomic mass is 10.1. The van der Waals surface area contributed by atoms with Crippen LogP contribution in [0.25, 0.3) is 11.0 Å². The summed E-state index contributed by atoms with van der Waals surface area (Å²) in [6, 6.07) is 5.88. The van der Waals surface area contributed by atoms with E-state index in [2.05, 4.69) is 10.3 Å². The van der Waals surface area contributed by atoms with Gasteiger partial charge in [-0.2, -0.15) is 0 Å². The van der Waals surface area contributed by atoms with Crippen LogP contribution in [-0.2, 0) is 18.9 Å². The van der Waals surface area contributed by atoms with Crippen LogP contribution in [0.1, 0.15) is 48.6 Å². The van der Waals surface area contributed by atoms with Crippen molar-refractivity contribution in [2.45, 2.75) is 50.5 Å². The van der Waals surface area contributed by atoms with Gasteiger partial charge in [0.2, 0.25) is 5.91 Å². The van der Waals surface area contributed by atoms with Gasteiger partial charge in [-0.1, -0.05) is 30.7 Å². The fraction of sp³-hybridized carbons (Fsp3) is 0.435. The number of carbonyl (C=O) groups is 1. The topological polar surface area (TPSA) is 98.9 Å². The first kappa shape index (κ1) is 22.3. The molecule has 8 nitrogen and oxygen atoms in total. The van der Waals surface area contributed by atoms with E-state index in [1.54, 1.807) is 7.05 Å². The predicted octanol–water partition coefficient (Wildman–Crippen LogP) is 3.03. The molecular formula is C23H27N5O3S. The third-order valence-electron chi connectivity index (χ3n) is 5.85. The Bertz CT molecular complexity index is 1300. The van der Waals surface area contributed by atoms with Gasteiger partial charge < -0.3 is 5.32 Å². The zero-order valence-electron chi connectivity index (χ0n) is 18.8. The van der Waals surface area contributed by atoms with Gasteiger partial charge >= 0.3 is 5.69 Å². The maximum absolute atomic E-state index is 12.9. The minimum absolute atomic E-state index is 0.0925. The Morgan fingerprint density at radius 1 is 1.06 bits per heavy atom. The fourth-order valence-corrected chi connectivity index (χ4v) is 5.11. The van der Waals surface area contributed by atoms with Crippen LogP contribution in [0.5, 0.6) is 0 Å². The zero-order valence-corrected chi connectivity index (χ0v) is 19.6. The summed E-state index contributed by atoms with van der Waals surface area (Å²) in [5, 5.41) is 3.64. The van der Waals surface area contributed by atoms with Crippen molar-refractivity contribution >= 4 is 34.4 Å². The molecule has 0 radical (unpaired) electrons. The van der Waals surface area contributed by atoms with Crippen LogP contribution >= 0.6 is 11.8 Å². The van der Waals surface area contributed by atoms with Crippen molar-refractivity contribution < 1.29 is 4.79 Å². The van der Waals surface area contributed by atoms with E-state index in [1.807, 2.05) is 32.0 Å². The lowest BCUT2D eigenvalue weighted by Gasteiger charge is -2.14. The number of nitrogens with zero attached hydrogens (tertiary/aromatic N) is 4. The molecule has 168 valence electrons. The van der Waals surface area contributed by atoms with Gasteiger partial charge in [-0.25, -0.2) is 14.8 Å². The Kier molecular flexibility index (Phi) is 6.19. The van der Waals surface area contributed by atoms with Gasteiger partial charge in [0.05, 0.1) is 5.75 Å². The molecular weight excluding hydrogens is 426 g/mol. The molecule has 4 rings (SSSR count). The highest BCUT2D eigenvalue weighted by Gasteiger charge is 2.24. The van der Waals surface area contributed by atoms with Crippen molar-refractivity contribution in [2.75, 3.05) is 11.1 Å². The van der Waals surface area contributed by atoms with Gasteiger partial charge in [0.15, 0.2) is 5.65 Å². The molecule has 0 aliphatic heterocycles. The predicted molar refractivity (Wildman–Crippen MR) is 126 cm³/mol. The molecule has 1 amide bonds. The second-order valence-corrected chi connectivity index (χ2v) is 9.45. The molecule has 0 atom stereocenters. The first-order chi connectivity index (χ1) is 15.2. The fourth-order valence-electron chi connectivity index (χ4n) is 4.29. The minimum Gasteiger partial charge on any atom is -0.325 e. The Balaban J connectivity index is 1.69. The molecule has 0 unspecified atom stereocenters. The average molecular weight is 454 g/mol. The molecule has 0 spiro atoms. The maximum atomic E-state index is 12.9. The Hall–Kier alpha value is -2.94. The number of aryl methyl sites for hydroxylation is 3. The number of thioether (sulfide) groups is 1. The van der Waals surface area contributed by atoms with Crippen LogP contribution in [0, 0.1) is 13.8 Å². The average Bonchev–Trinajstić information content (AvgIpc) is 3.28. The Morgan fingerprint density at radius 3 is 2.38 bits per heavy atom. The van der Waals surface area contributed by atoms with Crippen molar-refractivity contribution in [2.24, 2.45) is 14.1 Å². The minimum atomic E-state index is -0.446. The number of amides is 1. The number of nitrogens with one attached hydrogen (secondary N) is 1. The van der Waals surface area contributed by atoms with Gasteiger partial charge in [-0.3, -0.25) is 18.7 Å². The molecule has 2 heterocycles. The van der Waals surface area contributed by atoms with Crippen LogP contribution in [0.4, 0.5) is 5.69 Å². The SMILES string of the molecule is Cc1cc(C)cc(NC(=O)CSc2nc(C3CCCC3)nc3c2c(=O)n(C)c(=O)n3C)c1. The van der Waals surface area contributed by atoms with E-state index in [9.17, 15) is 14.4 Å². The van der Waals surface area contributed by atoms with E-state index < -0.39 is 11.2 Å². The molecule has 1 N–H and O–H groups in total. The number of anilines is 1. The number of aromatic nitrogens is 4. The largest absolute Gasteiger partial charge is 0.332 e. The van der Waals surface area contributed by atoms with Crippen molar-refractivity contribution in [1.29, 1.82) is 0 Å². The van der Waals surface area contributed by atoms with Crippen LogP contribution < -0.4 is 16.6 Å². The Morgan fingerprint density at radius 2 is 1.72 bits per heavy atom. The van der Waals surface area contributed by atoms with E-state index in [1.165, 1.54) is 23.4 Å². The summed E-state index contributed by atoms with van der Waals surface area (Å²) < 4.78 is 2.44. The third-order valence-corrected chi connectivity index (χ3v) is 6.83. The van der Waals surface area contributed by atoms with E-state index in [-0.39, 0.29) is 23.0 Å². The summed E-state index contributed by atoms with van der Waals surface area (Å²) >= 11 is 1.20. The van der Waals surface area contributed by atoms with E-state index in [4.69, 9.17) is 4.98 Å². The van der Waals surface area contributed by atoms with Crippen molar-refractivity contribution in [1.82, 2.24) is 19.1 Å². The van der Waals surface area contributed by atoms with Gasteiger partial charge in [-0.15, -0.1) is 0 Å². The molecule has 2 aromatic heterocycles. The van der Waals surface area contributed by atoms with E-state index >= 15 is 0 Å². The molecule has 0 bridgehead atoms. The number of hydrogen-bond acceptors (Lipinski definition) is 6. The maximum Gasteiger partial charge on any atom is 0.332 e. The number of hydrogen-bond donors (Lipinski definition) is 1. The van der Waals surface area contributed by atoms with Crippen LogP contribution in [0.15, 0.2) is 32.8 Å². The summed E-state index contributed by atoms with van der Waals surface area (Å²) in [6.07, 6.45) is 4.20. The van der Waals surface area contributed by atoms with Crippen LogP contribution in [0.2, 0.25) is 0 Å². The van der Waals surface area contributed by atoms with Gasteiger partial charge in [-0.05, 0) is 49.9 Å². The van der Waals surface area contributed by atoms with Crippen molar-refractivity contribution in [3.05, 3.63) is 56.0 Å². The quantitative estimate of drug-likeness (QED) is 0.471. The zero-order chi connectivity index (χ0) is 23.0. The van der Waals surface area contributed by atoms with Crippen molar-refractivity contribution in [3.63, 3.8) is 0 Å². The highest BCUT2D eigenvalue weighted by molar-refractivity contribution is 8.00. The highest BCUT2D eigenvalue weighted by Crippen LogP contribution is 2.34. The summed E-state index contributed by atoms with van der Waals surface area (Å²) in [5.74, 6) is 0.767. The van der Waals surface area contributed by atoms with Crippen LogP contribution in [-0.4, -0.2) is 30.8 Å². The van der Waals surface area contributed by atoms with Crippen molar-refractivity contribution in [3.8, 4) is 0 Å². The molecule has 1 aliphatic rings. The van der Waals surface area contributed by atoms with Crippen LogP contribution in [0.3, 0.4) is 0 Å². The third kappa shape index (κ3) is 4.34. The smallest absolute Gasteiger partial charge is 0.325 e. The van der Waals surface area contributed by atoms with E-state index in [0.29, 0.717) is 16.5 Å². The summed E-state index contributed by atoms with van der Waals surface area (Å²) in [7, 11) is 3.05. The number of carbonyl (C=O) groups excluding carboxylic acids is 1. The normalized spacial score (nSPS) is 14.2. The lowest BCUT2D eigenvalue weighted by molar-refractivity contribution is -0.113. The lowest BCUT2D eigenvalue weighted by Crippen LogP contribution is -2.38. The number of fused-ring (bicyclic) bond motifs is 1. The molecule has 1 aliphatic carbocycles. The molecule has 9 heteroatoms. The molecule has 1 aromatic carbocycles. The molecule has 1 saturated carbocycles. The first-order valence-electron chi connectivity index (χ1n) is 10.7. The highest BCUT2D eigenvalue weighted by atomic mass is 32.2. The monoisotopic (exact) mass is 453 g/mol. The molecule has 3 aromatic rings. The van der Waals surface area contributed by atoms with E-state index in [0.717, 1.165) is 47.1 Å². The first-order valence-corrected chi connectivity index (χ1v) is 11.7. The Labute approximate surface area is 190 Å². The summed E-state index contributed by atoms with van der Waals surface area (Å²) in [5.41, 5.74) is 2.33. The summed E-state index contributed by atoms with van der Waals surface area (Å²) in [4.78, 5) is 47.4. The van der Waals surface area contributed by atoms with Gasteiger partial charge in [0, 0.05) is 25.7 Å².